The molecule has 0 unspecified atom stereocenters. The summed E-state index contributed by atoms with van der Waals surface area (Å²) in [6, 6.07) is 4.64. The number of nitrogens with one attached hydrogen (secondary N) is 1. The van der Waals surface area contributed by atoms with Crippen molar-refractivity contribution in [1.29, 1.82) is 0 Å². The third kappa shape index (κ3) is 8.28. The topological polar surface area (TPSA) is 113 Å². The molecule has 23 heavy (non-hydrogen) atoms. The van der Waals surface area contributed by atoms with Crippen LogP contribution >= 0.6 is 11.6 Å². The number of sulfonamides is 1. The van der Waals surface area contributed by atoms with Gasteiger partial charge in [0.05, 0.1) is 11.5 Å². The minimum atomic E-state index is -4.89. The number of hydrogen-bond acceptors (Lipinski definition) is 6. The molecule has 0 heterocycles. The van der Waals surface area contributed by atoms with Gasteiger partial charge in [-0.25, -0.2) is 21.6 Å². The number of benzene rings is 1. The van der Waals surface area contributed by atoms with Crippen LogP contribution < -0.4 is 34.3 Å². The fourth-order valence-electron chi connectivity index (χ4n) is 1.64. The molecule has 0 bridgehead atoms. The monoisotopic (exact) mass is 393 g/mol. The molecular formula is C12H17ClNNaO6S2. The Bertz CT molecular complexity index is 693. The van der Waals surface area contributed by atoms with Crippen LogP contribution in [0.5, 0.6) is 0 Å². The van der Waals surface area contributed by atoms with E-state index in [4.69, 9.17) is 11.6 Å². The average molecular weight is 394 g/mol. The second-order valence-corrected chi connectivity index (χ2v) is 7.96. The molecule has 0 aliphatic carbocycles. The summed E-state index contributed by atoms with van der Waals surface area (Å²) in [5, 5.41) is 0.387. The van der Waals surface area contributed by atoms with Crippen LogP contribution in [0, 0.1) is 5.92 Å². The van der Waals surface area contributed by atoms with Gasteiger partial charge >= 0.3 is 29.6 Å². The first kappa shape index (κ1) is 23.3. The zero-order valence-electron chi connectivity index (χ0n) is 13.0. The second-order valence-electron chi connectivity index (χ2n) is 4.76. The van der Waals surface area contributed by atoms with Crippen LogP contribution in [-0.2, 0) is 24.6 Å². The first-order valence-corrected chi connectivity index (χ1v) is 9.62. The maximum absolute atomic E-state index is 12.3. The van der Waals surface area contributed by atoms with Crippen molar-refractivity contribution >= 4 is 32.0 Å². The summed E-state index contributed by atoms with van der Waals surface area (Å²) < 4.78 is 62.7. The zero-order chi connectivity index (χ0) is 17.0. The summed E-state index contributed by atoms with van der Waals surface area (Å²) in [6.45, 7) is 2.96. The summed E-state index contributed by atoms with van der Waals surface area (Å²) in [4.78, 5) is -0.0183. The van der Waals surface area contributed by atoms with Crippen molar-refractivity contribution in [3.8, 4) is 0 Å². The standard InChI is InChI=1S/C12H18ClNO6S2.Na/c1-3-9(2)12(8-20-22(17,18)19)14-21(15,16)11-6-4-10(13)5-7-11;/h4-7,9,12,14H,3,8H2,1-2H3,(H,17,18,19);/q;+1/p-1/t9-,12+;/m0./s1. The number of rotatable bonds is 8. The molecule has 2 atom stereocenters. The smallest absolute Gasteiger partial charge is 0.726 e. The van der Waals surface area contributed by atoms with E-state index in [1.165, 1.54) is 24.3 Å². The molecule has 11 heteroatoms. The zero-order valence-corrected chi connectivity index (χ0v) is 17.4. The number of halogens is 1. The van der Waals surface area contributed by atoms with E-state index in [0.29, 0.717) is 11.4 Å². The van der Waals surface area contributed by atoms with Crippen LogP contribution in [0.15, 0.2) is 29.2 Å². The fraction of sp³-hybridized carbons (Fsp3) is 0.500. The van der Waals surface area contributed by atoms with Crippen molar-refractivity contribution < 1.29 is 55.1 Å². The molecule has 126 valence electrons. The van der Waals surface area contributed by atoms with Gasteiger partial charge in [0.25, 0.3) is 0 Å². The third-order valence-electron chi connectivity index (χ3n) is 3.15. The van der Waals surface area contributed by atoms with Crippen LogP contribution in [0.2, 0.25) is 5.02 Å². The Morgan fingerprint density at radius 1 is 1.22 bits per heavy atom. The van der Waals surface area contributed by atoms with Gasteiger partial charge in [0.1, 0.15) is 0 Å². The van der Waals surface area contributed by atoms with E-state index in [0.717, 1.165) is 0 Å². The number of hydrogen-bond donors (Lipinski definition) is 1. The average Bonchev–Trinajstić information content (AvgIpc) is 2.42. The van der Waals surface area contributed by atoms with Gasteiger partial charge in [-0.05, 0) is 30.2 Å². The first-order chi connectivity index (χ1) is 10.0. The molecule has 0 saturated heterocycles. The van der Waals surface area contributed by atoms with Crippen molar-refractivity contribution in [3.63, 3.8) is 0 Å². The molecular weight excluding hydrogens is 377 g/mol. The predicted octanol–water partition coefficient (Wildman–Crippen LogP) is -1.49. The Labute approximate surface area is 164 Å². The molecule has 0 radical (unpaired) electrons. The van der Waals surface area contributed by atoms with E-state index in [2.05, 4.69) is 8.91 Å². The van der Waals surface area contributed by atoms with Gasteiger partial charge in [0, 0.05) is 11.1 Å². The maximum atomic E-state index is 12.3. The van der Waals surface area contributed by atoms with Gasteiger partial charge in [-0.15, -0.1) is 0 Å². The first-order valence-electron chi connectivity index (χ1n) is 6.43. The minimum absolute atomic E-state index is 0. The largest absolute Gasteiger partial charge is 1.00 e. The molecule has 1 rings (SSSR count). The van der Waals surface area contributed by atoms with E-state index in [-0.39, 0.29) is 40.4 Å². The summed E-state index contributed by atoms with van der Waals surface area (Å²) in [5.74, 6) is -0.233. The van der Waals surface area contributed by atoms with Crippen LogP contribution in [0.25, 0.3) is 0 Å². The van der Waals surface area contributed by atoms with E-state index >= 15 is 0 Å². The van der Waals surface area contributed by atoms with Gasteiger partial charge < -0.3 is 4.55 Å². The fourth-order valence-corrected chi connectivity index (χ4v) is 3.41. The maximum Gasteiger partial charge on any atom is 1.00 e. The molecule has 1 aromatic carbocycles. The van der Waals surface area contributed by atoms with Gasteiger partial charge in [0.2, 0.25) is 20.4 Å². The van der Waals surface area contributed by atoms with Crippen LogP contribution in [0.3, 0.4) is 0 Å². The van der Waals surface area contributed by atoms with Crippen LogP contribution in [0.4, 0.5) is 0 Å². The van der Waals surface area contributed by atoms with Gasteiger partial charge in [0.15, 0.2) is 0 Å². The molecule has 0 aliphatic rings. The summed E-state index contributed by atoms with van der Waals surface area (Å²) >= 11 is 5.70. The molecule has 0 amide bonds. The van der Waals surface area contributed by atoms with Crippen molar-refractivity contribution in [2.75, 3.05) is 6.61 Å². The van der Waals surface area contributed by atoms with Crippen LogP contribution in [0.1, 0.15) is 20.3 Å². The molecule has 0 saturated carbocycles. The van der Waals surface area contributed by atoms with Crippen molar-refractivity contribution in [2.24, 2.45) is 5.92 Å². The quantitative estimate of drug-likeness (QED) is 0.327. The van der Waals surface area contributed by atoms with Crippen molar-refractivity contribution in [3.05, 3.63) is 29.3 Å². The Kier molecular flexibility index (Phi) is 9.81. The summed E-state index contributed by atoms with van der Waals surface area (Å²) in [6.07, 6.45) is 0.566. The molecule has 0 spiro atoms. The van der Waals surface area contributed by atoms with E-state index in [1.807, 2.05) is 0 Å². The minimum Gasteiger partial charge on any atom is -0.726 e. The molecule has 0 aliphatic heterocycles. The van der Waals surface area contributed by atoms with Gasteiger partial charge in [-0.3, -0.25) is 4.18 Å². The normalized spacial score (nSPS) is 14.8. The SMILES string of the molecule is CC[C@H](C)[C@@H](COS(=O)(=O)[O-])NS(=O)(=O)c1ccc(Cl)cc1.[Na+]. The van der Waals surface area contributed by atoms with Crippen LogP contribution in [-0.4, -0.2) is 34.0 Å². The molecule has 1 N–H and O–H groups in total. The Morgan fingerprint density at radius 2 is 1.74 bits per heavy atom. The van der Waals surface area contributed by atoms with E-state index in [9.17, 15) is 21.4 Å². The predicted molar refractivity (Wildman–Crippen MR) is 80.7 cm³/mol. The summed E-state index contributed by atoms with van der Waals surface area (Å²) in [5.41, 5.74) is 0. The van der Waals surface area contributed by atoms with E-state index in [1.54, 1.807) is 13.8 Å². The molecule has 1 aromatic rings. The summed E-state index contributed by atoms with van der Waals surface area (Å²) in [7, 11) is -8.77. The second kappa shape index (κ2) is 9.69. The molecule has 0 aromatic heterocycles. The Hall–Kier alpha value is 0.290. The van der Waals surface area contributed by atoms with Gasteiger partial charge in [-0.1, -0.05) is 31.9 Å². The molecule has 7 nitrogen and oxygen atoms in total. The third-order valence-corrected chi connectivity index (χ3v) is 5.34. The van der Waals surface area contributed by atoms with E-state index < -0.39 is 33.1 Å². The Balaban J connectivity index is 0.00000484. The molecule has 0 fully saturated rings. The van der Waals surface area contributed by atoms with Gasteiger partial charge in [-0.2, -0.15) is 0 Å². The van der Waals surface area contributed by atoms with Crippen molar-refractivity contribution in [2.45, 2.75) is 31.2 Å². The Morgan fingerprint density at radius 3 is 2.17 bits per heavy atom. The van der Waals surface area contributed by atoms with Crippen molar-refractivity contribution in [1.82, 2.24) is 4.72 Å².